The summed E-state index contributed by atoms with van der Waals surface area (Å²) in [5.41, 5.74) is 1.51. The van der Waals surface area contributed by atoms with Gasteiger partial charge in [-0.15, -0.1) is 11.3 Å². The van der Waals surface area contributed by atoms with Gasteiger partial charge in [0.1, 0.15) is 29.1 Å². The molecule has 0 saturated heterocycles. The Balaban J connectivity index is 1.46. The highest BCUT2D eigenvalue weighted by atomic mass is 32.1. The van der Waals surface area contributed by atoms with Gasteiger partial charge >= 0.3 is 5.97 Å². The Labute approximate surface area is 192 Å². The van der Waals surface area contributed by atoms with Crippen molar-refractivity contribution in [2.24, 2.45) is 0 Å². The summed E-state index contributed by atoms with van der Waals surface area (Å²) in [5.74, 6) is -0.299. The standard InChI is InChI=1S/C24H21FN2O5S/c1-2-31-24(30)16-5-9-19(10-6-16)32-12-18(28)11-27-14-26-22-21(23(27)29)20(13-33-22)15-3-7-17(25)8-4-15/h3-10,13-14,18,28H,2,11-12H2,1H3. The van der Waals surface area contributed by atoms with E-state index in [2.05, 4.69) is 4.98 Å². The van der Waals surface area contributed by atoms with Gasteiger partial charge in [-0.2, -0.15) is 0 Å². The third-order valence-corrected chi connectivity index (χ3v) is 5.82. The number of hydrogen-bond donors (Lipinski definition) is 1. The van der Waals surface area contributed by atoms with Crippen molar-refractivity contribution in [2.45, 2.75) is 19.6 Å². The number of thiophene rings is 1. The van der Waals surface area contributed by atoms with Gasteiger partial charge in [0.2, 0.25) is 0 Å². The van der Waals surface area contributed by atoms with Crippen molar-refractivity contribution in [3.05, 3.63) is 82.0 Å². The molecule has 0 aliphatic carbocycles. The molecule has 0 fully saturated rings. The predicted molar refractivity (Wildman–Crippen MR) is 123 cm³/mol. The number of nitrogens with zero attached hydrogens (tertiary/aromatic N) is 2. The van der Waals surface area contributed by atoms with Crippen LogP contribution in [-0.4, -0.2) is 39.9 Å². The summed E-state index contributed by atoms with van der Waals surface area (Å²) in [6, 6.07) is 12.3. The highest BCUT2D eigenvalue weighted by Gasteiger charge is 2.16. The summed E-state index contributed by atoms with van der Waals surface area (Å²) in [5, 5.41) is 12.7. The average Bonchev–Trinajstić information content (AvgIpc) is 3.25. The van der Waals surface area contributed by atoms with Crippen LogP contribution in [0.4, 0.5) is 4.39 Å². The first-order chi connectivity index (χ1) is 16.0. The van der Waals surface area contributed by atoms with Crippen LogP contribution >= 0.6 is 11.3 Å². The lowest BCUT2D eigenvalue weighted by atomic mass is 10.1. The number of carbonyl (C=O) groups excluding carboxylic acids is 1. The number of aliphatic hydroxyl groups excluding tert-OH is 1. The van der Waals surface area contributed by atoms with E-state index in [1.807, 2.05) is 5.38 Å². The van der Waals surface area contributed by atoms with Gasteiger partial charge in [0.15, 0.2) is 0 Å². The van der Waals surface area contributed by atoms with Crippen LogP contribution in [0.1, 0.15) is 17.3 Å². The maximum Gasteiger partial charge on any atom is 0.338 e. The SMILES string of the molecule is CCOC(=O)c1ccc(OCC(O)Cn2cnc3scc(-c4ccc(F)cc4)c3c2=O)cc1. The first kappa shape index (κ1) is 22.6. The van der Waals surface area contributed by atoms with E-state index in [1.54, 1.807) is 43.3 Å². The van der Waals surface area contributed by atoms with E-state index in [0.717, 1.165) is 5.56 Å². The highest BCUT2D eigenvalue weighted by molar-refractivity contribution is 7.17. The Kier molecular flexibility index (Phi) is 6.81. The number of carbonyl (C=O) groups is 1. The van der Waals surface area contributed by atoms with Crippen LogP contribution in [0.3, 0.4) is 0 Å². The molecule has 0 aliphatic rings. The van der Waals surface area contributed by atoms with Gasteiger partial charge in [-0.1, -0.05) is 12.1 Å². The van der Waals surface area contributed by atoms with Crippen LogP contribution in [0, 0.1) is 5.82 Å². The average molecular weight is 469 g/mol. The molecular formula is C24H21FN2O5S. The summed E-state index contributed by atoms with van der Waals surface area (Å²) in [7, 11) is 0. The minimum absolute atomic E-state index is 0.0125. The molecule has 1 N–H and O–H groups in total. The van der Waals surface area contributed by atoms with Gasteiger partial charge in [0.25, 0.3) is 5.56 Å². The topological polar surface area (TPSA) is 90.7 Å². The van der Waals surface area contributed by atoms with E-state index in [4.69, 9.17) is 9.47 Å². The molecule has 0 aliphatic heterocycles. The molecule has 170 valence electrons. The molecule has 1 unspecified atom stereocenters. The normalized spacial score (nSPS) is 12.0. The number of hydrogen-bond acceptors (Lipinski definition) is 7. The fourth-order valence-corrected chi connectivity index (χ4v) is 4.22. The molecule has 0 saturated carbocycles. The lowest BCUT2D eigenvalue weighted by Crippen LogP contribution is -2.30. The lowest BCUT2D eigenvalue weighted by molar-refractivity contribution is 0.0526. The molecule has 33 heavy (non-hydrogen) atoms. The summed E-state index contributed by atoms with van der Waals surface area (Å²) in [6.45, 7) is 1.95. The first-order valence-electron chi connectivity index (χ1n) is 10.3. The third-order valence-electron chi connectivity index (χ3n) is 4.93. The number of fused-ring (bicyclic) bond motifs is 1. The second-order valence-corrected chi connectivity index (χ2v) is 8.11. The summed E-state index contributed by atoms with van der Waals surface area (Å²) >= 11 is 1.33. The number of rotatable bonds is 8. The van der Waals surface area contributed by atoms with Gasteiger partial charge in [0.05, 0.1) is 30.4 Å². The zero-order chi connectivity index (χ0) is 23.4. The van der Waals surface area contributed by atoms with Gasteiger partial charge in [-0.3, -0.25) is 9.36 Å². The van der Waals surface area contributed by atoms with E-state index in [0.29, 0.717) is 33.7 Å². The van der Waals surface area contributed by atoms with E-state index in [9.17, 15) is 19.1 Å². The summed E-state index contributed by atoms with van der Waals surface area (Å²) in [4.78, 5) is 29.7. The minimum atomic E-state index is -0.973. The van der Waals surface area contributed by atoms with Crippen LogP contribution in [0.25, 0.3) is 21.3 Å². The minimum Gasteiger partial charge on any atom is -0.491 e. The first-order valence-corrected chi connectivity index (χ1v) is 11.1. The lowest BCUT2D eigenvalue weighted by Gasteiger charge is -2.14. The number of aliphatic hydroxyl groups is 1. The van der Waals surface area contributed by atoms with Gasteiger partial charge in [-0.05, 0) is 48.9 Å². The Hall–Kier alpha value is -3.56. The van der Waals surface area contributed by atoms with Crippen LogP contribution in [0.15, 0.2) is 65.0 Å². The Bertz CT molecular complexity index is 1320. The van der Waals surface area contributed by atoms with Gasteiger partial charge in [-0.25, -0.2) is 14.2 Å². The Morgan fingerprint density at radius 3 is 2.61 bits per heavy atom. The van der Waals surface area contributed by atoms with Crippen molar-refractivity contribution in [1.82, 2.24) is 9.55 Å². The molecule has 4 aromatic rings. The molecule has 7 nitrogen and oxygen atoms in total. The quantitative estimate of drug-likeness (QED) is 0.395. The molecule has 9 heteroatoms. The molecule has 2 aromatic heterocycles. The van der Waals surface area contributed by atoms with Crippen molar-refractivity contribution in [1.29, 1.82) is 0 Å². The van der Waals surface area contributed by atoms with E-state index in [-0.39, 0.29) is 24.5 Å². The maximum absolute atomic E-state index is 13.3. The van der Waals surface area contributed by atoms with Crippen LogP contribution in [0.5, 0.6) is 5.75 Å². The molecule has 2 aromatic carbocycles. The summed E-state index contributed by atoms with van der Waals surface area (Å²) in [6.07, 6.45) is 0.423. The fraction of sp³-hybridized carbons (Fsp3) is 0.208. The third kappa shape index (κ3) is 5.10. The molecular weight excluding hydrogens is 447 g/mol. The van der Waals surface area contributed by atoms with Crippen LogP contribution < -0.4 is 10.3 Å². The van der Waals surface area contributed by atoms with Crippen molar-refractivity contribution < 1.29 is 23.8 Å². The maximum atomic E-state index is 13.3. The molecule has 0 radical (unpaired) electrons. The second kappa shape index (κ2) is 9.93. The molecule has 2 heterocycles. The fourth-order valence-electron chi connectivity index (χ4n) is 3.31. The van der Waals surface area contributed by atoms with Crippen molar-refractivity contribution in [2.75, 3.05) is 13.2 Å². The smallest absolute Gasteiger partial charge is 0.338 e. The van der Waals surface area contributed by atoms with Gasteiger partial charge < -0.3 is 14.6 Å². The van der Waals surface area contributed by atoms with E-state index < -0.39 is 12.1 Å². The molecule has 1 atom stereocenters. The number of halogens is 1. The predicted octanol–water partition coefficient (Wildman–Crippen LogP) is 3.88. The number of aromatic nitrogens is 2. The zero-order valence-electron chi connectivity index (χ0n) is 17.7. The van der Waals surface area contributed by atoms with E-state index >= 15 is 0 Å². The monoisotopic (exact) mass is 468 g/mol. The number of ether oxygens (including phenoxy) is 2. The van der Waals surface area contributed by atoms with Crippen molar-refractivity contribution in [3.8, 4) is 16.9 Å². The summed E-state index contributed by atoms with van der Waals surface area (Å²) < 4.78 is 25.1. The van der Waals surface area contributed by atoms with E-state index in [1.165, 1.54) is 34.4 Å². The van der Waals surface area contributed by atoms with Gasteiger partial charge in [0, 0.05) is 10.9 Å². The zero-order valence-corrected chi connectivity index (χ0v) is 18.5. The van der Waals surface area contributed by atoms with Crippen LogP contribution in [0.2, 0.25) is 0 Å². The molecule has 0 amide bonds. The Morgan fingerprint density at radius 1 is 1.18 bits per heavy atom. The molecule has 0 bridgehead atoms. The molecule has 4 rings (SSSR count). The molecule has 0 spiro atoms. The largest absolute Gasteiger partial charge is 0.491 e. The number of esters is 1. The van der Waals surface area contributed by atoms with Crippen molar-refractivity contribution in [3.63, 3.8) is 0 Å². The van der Waals surface area contributed by atoms with Crippen molar-refractivity contribution >= 4 is 27.5 Å². The number of benzene rings is 2. The Morgan fingerprint density at radius 2 is 1.91 bits per heavy atom. The second-order valence-electron chi connectivity index (χ2n) is 7.25. The van der Waals surface area contributed by atoms with Crippen LogP contribution in [-0.2, 0) is 11.3 Å². The highest BCUT2D eigenvalue weighted by Crippen LogP contribution is 2.30.